The van der Waals surface area contributed by atoms with E-state index in [0.717, 1.165) is 12.8 Å². The van der Waals surface area contributed by atoms with E-state index in [2.05, 4.69) is 0 Å². The number of aliphatic carboxylic acids is 1. The molecule has 0 aromatic heterocycles. The fourth-order valence-corrected chi connectivity index (χ4v) is 3.24. The second-order valence-electron chi connectivity index (χ2n) is 4.70. The van der Waals surface area contributed by atoms with Crippen molar-refractivity contribution >= 4 is 11.9 Å². The topological polar surface area (TPSA) is 63.6 Å². The molecule has 3 aliphatic rings. The van der Waals surface area contributed by atoms with E-state index in [9.17, 15) is 9.59 Å². The van der Waals surface area contributed by atoms with Gasteiger partial charge >= 0.3 is 11.9 Å². The summed E-state index contributed by atoms with van der Waals surface area (Å²) in [5, 5.41) is 8.73. The van der Waals surface area contributed by atoms with E-state index in [0.29, 0.717) is 12.8 Å². The van der Waals surface area contributed by atoms with E-state index in [-0.39, 0.29) is 23.2 Å². The van der Waals surface area contributed by atoms with Gasteiger partial charge < -0.3 is 9.84 Å². The smallest absolute Gasteiger partial charge is 0.311 e. The fraction of sp³-hybridized carbons (Fsp3) is 0.800. The Kier molecular flexibility index (Phi) is 1.84. The Morgan fingerprint density at radius 2 is 2.00 bits per heavy atom. The van der Waals surface area contributed by atoms with Gasteiger partial charge in [-0.2, -0.15) is 0 Å². The molecule has 0 aromatic carbocycles. The van der Waals surface area contributed by atoms with Crippen LogP contribution in [0, 0.1) is 10.8 Å². The van der Waals surface area contributed by atoms with Crippen molar-refractivity contribution in [1.82, 2.24) is 0 Å². The maximum atomic E-state index is 11.4. The van der Waals surface area contributed by atoms with E-state index in [1.54, 1.807) is 0 Å². The van der Waals surface area contributed by atoms with Gasteiger partial charge in [0.05, 0.1) is 18.9 Å². The molecular weight excluding hydrogens is 184 g/mol. The summed E-state index contributed by atoms with van der Waals surface area (Å²) in [6.07, 6.45) is 3.27. The summed E-state index contributed by atoms with van der Waals surface area (Å²) >= 11 is 0. The molecule has 14 heavy (non-hydrogen) atoms. The number of carboxylic acids is 1. The van der Waals surface area contributed by atoms with Crippen molar-refractivity contribution in [3.63, 3.8) is 0 Å². The summed E-state index contributed by atoms with van der Waals surface area (Å²) in [6, 6.07) is 0. The van der Waals surface area contributed by atoms with Crippen LogP contribution in [0.4, 0.5) is 0 Å². The van der Waals surface area contributed by atoms with E-state index in [1.165, 1.54) is 7.11 Å². The number of hydrogen-bond acceptors (Lipinski definition) is 3. The molecule has 3 saturated carbocycles. The zero-order valence-electron chi connectivity index (χ0n) is 8.21. The third-order valence-electron chi connectivity index (χ3n) is 3.71. The zero-order valence-corrected chi connectivity index (χ0v) is 8.21. The van der Waals surface area contributed by atoms with Crippen molar-refractivity contribution in [2.75, 3.05) is 7.11 Å². The molecule has 0 aromatic rings. The summed E-state index contributed by atoms with van der Waals surface area (Å²) < 4.78 is 4.74. The molecule has 0 atom stereocenters. The maximum absolute atomic E-state index is 11.4. The Hall–Kier alpha value is -1.06. The van der Waals surface area contributed by atoms with Crippen LogP contribution < -0.4 is 0 Å². The summed E-state index contributed by atoms with van der Waals surface area (Å²) in [5.74, 6) is -0.915. The monoisotopic (exact) mass is 198 g/mol. The Morgan fingerprint density at radius 3 is 2.50 bits per heavy atom. The molecule has 0 radical (unpaired) electrons. The van der Waals surface area contributed by atoms with Gasteiger partial charge in [0.1, 0.15) is 0 Å². The molecule has 1 N–H and O–H groups in total. The van der Waals surface area contributed by atoms with Crippen LogP contribution in [0.3, 0.4) is 0 Å². The molecule has 3 rings (SSSR count). The quantitative estimate of drug-likeness (QED) is 0.692. The number of hydrogen-bond donors (Lipinski definition) is 1. The predicted octanol–water partition coefficient (Wildman–Crippen LogP) is 1.19. The minimum atomic E-state index is -0.759. The minimum Gasteiger partial charge on any atom is -0.481 e. The molecule has 0 saturated heterocycles. The second kappa shape index (κ2) is 2.72. The Labute approximate surface area is 82.2 Å². The van der Waals surface area contributed by atoms with Crippen molar-refractivity contribution in [3.8, 4) is 0 Å². The van der Waals surface area contributed by atoms with Crippen molar-refractivity contribution < 1.29 is 19.4 Å². The average molecular weight is 198 g/mol. The summed E-state index contributed by atoms with van der Waals surface area (Å²) in [5.41, 5.74) is -0.426. The molecule has 4 heteroatoms. The van der Waals surface area contributed by atoms with Crippen LogP contribution in [-0.2, 0) is 14.3 Å². The molecular formula is C10H14O4. The van der Waals surface area contributed by atoms with Crippen LogP contribution >= 0.6 is 0 Å². The van der Waals surface area contributed by atoms with Crippen LogP contribution in [0.2, 0.25) is 0 Å². The van der Waals surface area contributed by atoms with Crippen LogP contribution in [0.5, 0.6) is 0 Å². The lowest BCUT2D eigenvalue weighted by Crippen LogP contribution is -2.44. The second-order valence-corrected chi connectivity index (χ2v) is 4.70. The van der Waals surface area contributed by atoms with Gasteiger partial charge in [-0.05, 0) is 31.1 Å². The summed E-state index contributed by atoms with van der Waals surface area (Å²) in [4.78, 5) is 22.0. The first-order valence-electron chi connectivity index (χ1n) is 4.82. The highest BCUT2D eigenvalue weighted by atomic mass is 16.5. The Morgan fingerprint density at radius 1 is 1.36 bits per heavy atom. The molecule has 0 aliphatic heterocycles. The first-order valence-corrected chi connectivity index (χ1v) is 4.82. The lowest BCUT2D eigenvalue weighted by molar-refractivity contribution is -0.163. The predicted molar refractivity (Wildman–Crippen MR) is 47.6 cm³/mol. The molecule has 3 aliphatic carbocycles. The molecule has 2 bridgehead atoms. The highest BCUT2D eigenvalue weighted by molar-refractivity contribution is 5.80. The van der Waals surface area contributed by atoms with Gasteiger partial charge in [-0.25, -0.2) is 0 Å². The van der Waals surface area contributed by atoms with Crippen molar-refractivity contribution in [2.45, 2.75) is 32.1 Å². The fourth-order valence-electron chi connectivity index (χ4n) is 3.24. The van der Waals surface area contributed by atoms with Gasteiger partial charge in [-0.1, -0.05) is 0 Å². The van der Waals surface area contributed by atoms with Crippen LogP contribution in [0.1, 0.15) is 32.1 Å². The lowest BCUT2D eigenvalue weighted by Gasteiger charge is -2.44. The van der Waals surface area contributed by atoms with Crippen LogP contribution in [-0.4, -0.2) is 24.2 Å². The highest BCUT2D eigenvalue weighted by Gasteiger charge is 2.65. The molecule has 78 valence electrons. The third-order valence-corrected chi connectivity index (χ3v) is 3.71. The van der Waals surface area contributed by atoms with Crippen LogP contribution in [0.15, 0.2) is 0 Å². The number of methoxy groups -OCH3 is 1. The first kappa shape index (κ1) is 9.49. The number of carboxylic acid groups (broad SMARTS) is 1. The van der Waals surface area contributed by atoms with Crippen molar-refractivity contribution in [1.29, 1.82) is 0 Å². The number of carbonyl (C=O) groups excluding carboxylic acids is 1. The standard InChI is InChI=1S/C10H14O4/c1-14-8(13)10-3-2-9(5-10,6-10)4-7(11)12/h2-6H2,1H3,(H,11,12). The SMILES string of the molecule is COC(=O)C12CCC(CC(=O)O)(C1)C2. The van der Waals surface area contributed by atoms with Crippen LogP contribution in [0.25, 0.3) is 0 Å². The number of ether oxygens (including phenoxy) is 1. The largest absolute Gasteiger partial charge is 0.481 e. The van der Waals surface area contributed by atoms with Gasteiger partial charge in [0.2, 0.25) is 0 Å². The summed E-state index contributed by atoms with van der Waals surface area (Å²) in [6.45, 7) is 0. The molecule has 4 nitrogen and oxygen atoms in total. The molecule has 0 heterocycles. The summed E-state index contributed by atoms with van der Waals surface area (Å²) in [7, 11) is 1.40. The Balaban J connectivity index is 2.03. The van der Waals surface area contributed by atoms with E-state index < -0.39 is 5.97 Å². The normalized spacial score (nSPS) is 38.9. The number of rotatable bonds is 3. The van der Waals surface area contributed by atoms with Gasteiger partial charge in [-0.3, -0.25) is 9.59 Å². The zero-order chi connectivity index (χ0) is 10.4. The molecule has 0 spiro atoms. The lowest BCUT2D eigenvalue weighted by atomic mass is 9.59. The highest BCUT2D eigenvalue weighted by Crippen LogP contribution is 2.68. The van der Waals surface area contributed by atoms with E-state index in [1.807, 2.05) is 0 Å². The van der Waals surface area contributed by atoms with Crippen molar-refractivity contribution in [2.24, 2.45) is 10.8 Å². The van der Waals surface area contributed by atoms with Gasteiger partial charge in [0, 0.05) is 0 Å². The third kappa shape index (κ3) is 1.13. The Bertz CT molecular complexity index is 288. The number of esters is 1. The molecule has 3 fully saturated rings. The number of carbonyl (C=O) groups is 2. The minimum absolute atomic E-state index is 0.0972. The van der Waals surface area contributed by atoms with Gasteiger partial charge in [0.25, 0.3) is 0 Å². The maximum Gasteiger partial charge on any atom is 0.311 e. The number of fused-ring (bicyclic) bond motifs is 1. The van der Waals surface area contributed by atoms with Gasteiger partial charge in [-0.15, -0.1) is 0 Å². The molecule has 0 amide bonds. The van der Waals surface area contributed by atoms with Crippen molar-refractivity contribution in [3.05, 3.63) is 0 Å². The average Bonchev–Trinajstić information content (AvgIpc) is 2.57. The van der Waals surface area contributed by atoms with E-state index >= 15 is 0 Å². The van der Waals surface area contributed by atoms with E-state index in [4.69, 9.17) is 9.84 Å². The van der Waals surface area contributed by atoms with Gasteiger partial charge in [0.15, 0.2) is 0 Å². The first-order chi connectivity index (χ1) is 6.52. The molecule has 0 unspecified atom stereocenters.